The van der Waals surface area contributed by atoms with Gasteiger partial charge in [-0.05, 0) is 48.1 Å². The normalized spacial score (nSPS) is 14.9. The van der Waals surface area contributed by atoms with Crippen molar-refractivity contribution in [3.05, 3.63) is 81.6 Å². The van der Waals surface area contributed by atoms with Crippen LogP contribution < -0.4 is 19.4 Å². The van der Waals surface area contributed by atoms with Crippen molar-refractivity contribution in [2.75, 3.05) is 18.1 Å². The Morgan fingerprint density at radius 3 is 2.50 bits per heavy atom. The first-order valence-electron chi connectivity index (χ1n) is 12.4. The van der Waals surface area contributed by atoms with Crippen LogP contribution in [0.25, 0.3) is 0 Å². The monoisotopic (exact) mass is 594 g/mol. The number of carbonyl (C=O) groups excluding carboxylic acids is 2. The zero-order valence-electron chi connectivity index (χ0n) is 21.1. The Labute approximate surface area is 239 Å². The number of rotatable bonds is 11. The van der Waals surface area contributed by atoms with E-state index in [1.807, 2.05) is 12.1 Å². The second-order valence-corrected chi connectivity index (χ2v) is 10.3. The summed E-state index contributed by atoms with van der Waals surface area (Å²) in [4.78, 5) is 30.0. The topological polar surface area (TPSA) is 109 Å². The predicted octanol–water partition coefficient (Wildman–Crippen LogP) is 5.44. The molecule has 0 saturated heterocycles. The molecule has 0 spiro atoms. The molecule has 212 valence electrons. The quantitative estimate of drug-likeness (QED) is 0.273. The van der Waals surface area contributed by atoms with Gasteiger partial charge in [-0.1, -0.05) is 47.5 Å². The van der Waals surface area contributed by atoms with E-state index < -0.39 is 18.7 Å². The van der Waals surface area contributed by atoms with Gasteiger partial charge < -0.3 is 24.6 Å². The second kappa shape index (κ2) is 12.8. The minimum Gasteiger partial charge on any atom is -0.870 e. The van der Waals surface area contributed by atoms with Gasteiger partial charge in [0.1, 0.15) is 22.7 Å². The summed E-state index contributed by atoms with van der Waals surface area (Å²) in [5.74, 6) is -0.514. The number of hydrogen-bond donors (Lipinski definition) is 0. The van der Waals surface area contributed by atoms with E-state index in [0.29, 0.717) is 39.4 Å². The van der Waals surface area contributed by atoms with Crippen LogP contribution in [0.1, 0.15) is 35.6 Å². The van der Waals surface area contributed by atoms with Crippen molar-refractivity contribution in [2.24, 2.45) is 5.92 Å². The molecule has 1 aliphatic carbocycles. The molecule has 40 heavy (non-hydrogen) atoms. The number of esters is 1. The Bertz CT molecular complexity index is 1370. The highest BCUT2D eigenvalue weighted by molar-refractivity contribution is 6.35. The third-order valence-corrected chi connectivity index (χ3v) is 7.27. The highest BCUT2D eigenvalue weighted by Gasteiger charge is 2.31. The van der Waals surface area contributed by atoms with Gasteiger partial charge in [0.15, 0.2) is 23.9 Å². The van der Waals surface area contributed by atoms with Gasteiger partial charge in [-0.2, -0.15) is 8.78 Å². The molecule has 2 heterocycles. The van der Waals surface area contributed by atoms with E-state index in [9.17, 15) is 18.4 Å². The molecule has 5 rings (SSSR count). The largest absolute Gasteiger partial charge is 0.870 e. The maximum absolute atomic E-state index is 13.2. The fourth-order valence-corrected chi connectivity index (χ4v) is 4.95. The van der Waals surface area contributed by atoms with Gasteiger partial charge in [0.05, 0.1) is 13.0 Å². The Morgan fingerprint density at radius 1 is 1.07 bits per heavy atom. The highest BCUT2D eigenvalue weighted by atomic mass is 35.5. The van der Waals surface area contributed by atoms with Crippen molar-refractivity contribution in [2.45, 2.75) is 38.4 Å². The number of hydrogen-bond acceptors (Lipinski definition) is 6. The standard InChI is InChI=1S/C28H24Cl2F2N2O5.H2O/c29-20-12-33-13-21(30)19(20)11-24(38-27(36)14-34-22-4-2-1-3-17(22)10-26(34)35)18-7-8-23(39-28(31)32)25(9-18)37-15-16-5-6-16;/h1-4,7-9,12-13,16,24,28H,5-6,10-11,14-15H2;1H2/t24-;/m0./s1. The van der Waals surface area contributed by atoms with E-state index in [-0.39, 0.29) is 42.3 Å². The summed E-state index contributed by atoms with van der Waals surface area (Å²) in [7, 11) is 0. The molecule has 1 amide bonds. The third-order valence-electron chi connectivity index (χ3n) is 6.60. The molecule has 1 aromatic heterocycles. The van der Waals surface area contributed by atoms with Crippen LogP contribution in [0, 0.1) is 5.92 Å². The zero-order valence-corrected chi connectivity index (χ0v) is 22.6. The maximum Gasteiger partial charge on any atom is 0.387 e. The number of benzene rings is 2. The van der Waals surface area contributed by atoms with E-state index in [1.165, 1.54) is 23.1 Å². The summed E-state index contributed by atoms with van der Waals surface area (Å²) >= 11 is 12.8. The molecule has 8 nitrogen and oxygen atoms in total. The molecule has 1 fully saturated rings. The van der Waals surface area contributed by atoms with Crippen molar-refractivity contribution in [1.82, 2.24) is 0 Å². The first kappa shape index (κ1) is 29.5. The number of amides is 1. The summed E-state index contributed by atoms with van der Waals surface area (Å²) in [6.45, 7) is -2.98. The summed E-state index contributed by atoms with van der Waals surface area (Å²) < 4.78 is 42.4. The average molecular weight is 595 g/mol. The summed E-state index contributed by atoms with van der Waals surface area (Å²) in [6.07, 6.45) is 4.46. The number of anilines is 1. The van der Waals surface area contributed by atoms with Crippen LogP contribution in [-0.4, -0.2) is 37.1 Å². The minimum absolute atomic E-state index is 0. The molecule has 0 unspecified atom stereocenters. The number of halogens is 4. The van der Waals surface area contributed by atoms with Gasteiger partial charge in [-0.3, -0.25) is 9.59 Å². The Hall–Kier alpha value is -3.47. The van der Waals surface area contributed by atoms with Gasteiger partial charge >= 0.3 is 12.6 Å². The van der Waals surface area contributed by atoms with Gasteiger partial charge in [-0.25, -0.2) is 4.98 Å². The van der Waals surface area contributed by atoms with Gasteiger partial charge in [0, 0.05) is 17.7 Å². The van der Waals surface area contributed by atoms with Gasteiger partial charge in [0.25, 0.3) is 0 Å². The minimum atomic E-state index is -3.04. The molecule has 1 aliphatic heterocycles. The lowest BCUT2D eigenvalue weighted by Gasteiger charge is -2.23. The molecule has 0 radical (unpaired) electrons. The van der Waals surface area contributed by atoms with Crippen molar-refractivity contribution in [1.29, 1.82) is 0 Å². The molecule has 1 saturated carbocycles. The number of nitrogens with one attached hydrogen (secondary N) is 1. The number of aromatic amines is 1. The highest BCUT2D eigenvalue weighted by Crippen LogP contribution is 2.38. The van der Waals surface area contributed by atoms with Crippen LogP contribution in [0.15, 0.2) is 54.9 Å². The van der Waals surface area contributed by atoms with Crippen LogP contribution in [-0.2, 0) is 27.2 Å². The number of ether oxygens (including phenoxy) is 3. The summed E-state index contributed by atoms with van der Waals surface area (Å²) in [5.41, 5.74) is 2.47. The van der Waals surface area contributed by atoms with E-state index in [0.717, 1.165) is 18.4 Å². The van der Waals surface area contributed by atoms with Crippen LogP contribution >= 0.6 is 23.2 Å². The number of carbonyl (C=O) groups is 2. The Kier molecular flexibility index (Phi) is 9.44. The summed E-state index contributed by atoms with van der Waals surface area (Å²) in [5, 5.41) is 0.658. The SMILES string of the molecule is O=C(CN1C(=O)Cc2ccccc21)O[C@@H](Cc1c(Cl)c[nH+]cc1Cl)c1ccc(OC(F)F)c(OCC2CC2)c1.[OH-]. The van der Waals surface area contributed by atoms with E-state index in [2.05, 4.69) is 9.72 Å². The number of pyridine rings is 1. The molecule has 1 atom stereocenters. The van der Waals surface area contributed by atoms with Crippen LogP contribution in [0.5, 0.6) is 11.5 Å². The van der Waals surface area contributed by atoms with E-state index in [1.54, 1.807) is 24.5 Å². The fraction of sp³-hybridized carbons (Fsp3) is 0.321. The Balaban J connectivity index is 0.00000370. The van der Waals surface area contributed by atoms with Gasteiger partial charge in [0.2, 0.25) is 5.91 Å². The first-order chi connectivity index (χ1) is 18.8. The average Bonchev–Trinajstić information content (AvgIpc) is 3.68. The molecule has 2 N–H and O–H groups in total. The second-order valence-electron chi connectivity index (χ2n) is 9.44. The number of aromatic nitrogens is 1. The molecule has 12 heteroatoms. The molecular weight excluding hydrogens is 569 g/mol. The van der Waals surface area contributed by atoms with Crippen molar-refractivity contribution < 1.29 is 43.0 Å². The van der Waals surface area contributed by atoms with Gasteiger partial charge in [-0.15, -0.1) is 0 Å². The number of alkyl halides is 2. The number of H-pyrrole nitrogens is 1. The number of nitrogens with zero attached hydrogens (tertiary/aromatic N) is 1. The molecular formula is C28H26Cl2F2N2O6. The lowest BCUT2D eigenvalue weighted by atomic mass is 10.0. The van der Waals surface area contributed by atoms with Crippen LogP contribution in [0.4, 0.5) is 14.5 Å². The molecule has 3 aromatic rings. The predicted molar refractivity (Wildman–Crippen MR) is 141 cm³/mol. The third kappa shape index (κ3) is 6.99. The number of fused-ring (bicyclic) bond motifs is 1. The molecule has 2 aliphatic rings. The maximum atomic E-state index is 13.2. The molecule has 2 aromatic carbocycles. The molecule has 0 bridgehead atoms. The lowest BCUT2D eigenvalue weighted by Crippen LogP contribution is -2.34. The first-order valence-corrected chi connectivity index (χ1v) is 13.2. The fourth-order valence-electron chi connectivity index (χ4n) is 4.42. The Morgan fingerprint density at radius 2 is 1.80 bits per heavy atom. The smallest absolute Gasteiger partial charge is 0.387 e. The zero-order chi connectivity index (χ0) is 27.5. The van der Waals surface area contributed by atoms with Crippen molar-refractivity contribution in [3.63, 3.8) is 0 Å². The summed E-state index contributed by atoms with van der Waals surface area (Å²) in [6, 6.07) is 11.6. The van der Waals surface area contributed by atoms with E-state index >= 15 is 0 Å². The van der Waals surface area contributed by atoms with Crippen LogP contribution in [0.2, 0.25) is 10.0 Å². The van der Waals surface area contributed by atoms with E-state index in [4.69, 9.17) is 32.7 Å². The van der Waals surface area contributed by atoms with Crippen LogP contribution in [0.3, 0.4) is 0 Å². The van der Waals surface area contributed by atoms with Crippen molar-refractivity contribution >= 4 is 40.8 Å². The van der Waals surface area contributed by atoms with Crippen molar-refractivity contribution in [3.8, 4) is 11.5 Å². The number of para-hydroxylation sites is 1. The lowest BCUT2D eigenvalue weighted by molar-refractivity contribution is -0.377.